The molecule has 0 bridgehead atoms. The first-order valence-corrected chi connectivity index (χ1v) is 6.97. The molecule has 1 N–H and O–H groups in total. The van der Waals surface area contributed by atoms with E-state index in [-0.39, 0.29) is 5.91 Å². The van der Waals surface area contributed by atoms with Gasteiger partial charge in [0, 0.05) is 16.7 Å². The van der Waals surface area contributed by atoms with Crippen molar-refractivity contribution >= 4 is 29.3 Å². The van der Waals surface area contributed by atoms with Gasteiger partial charge in [0.05, 0.1) is 19.9 Å². The van der Waals surface area contributed by atoms with Crippen molar-refractivity contribution in [3.63, 3.8) is 0 Å². The van der Waals surface area contributed by atoms with Gasteiger partial charge in [-0.1, -0.05) is 23.7 Å². The highest BCUT2D eigenvalue weighted by Crippen LogP contribution is 2.25. The molecule has 0 unspecified atom stereocenters. The lowest BCUT2D eigenvalue weighted by atomic mass is 10.2. The van der Waals surface area contributed by atoms with Crippen molar-refractivity contribution in [2.24, 2.45) is 0 Å². The number of anilines is 1. The molecule has 0 radical (unpaired) electrons. The van der Waals surface area contributed by atoms with Gasteiger partial charge < -0.3 is 14.8 Å². The zero-order valence-electron chi connectivity index (χ0n) is 12.3. The minimum absolute atomic E-state index is 0.272. The molecule has 0 spiro atoms. The molecule has 0 aliphatic heterocycles. The zero-order valence-corrected chi connectivity index (χ0v) is 13.1. The van der Waals surface area contributed by atoms with E-state index in [1.165, 1.54) is 6.08 Å². The maximum Gasteiger partial charge on any atom is 0.248 e. The van der Waals surface area contributed by atoms with E-state index in [2.05, 4.69) is 5.32 Å². The molecule has 114 valence electrons. The Morgan fingerprint density at radius 2 is 1.82 bits per heavy atom. The average molecular weight is 318 g/mol. The molecular formula is C17H16ClNO3. The second kappa shape index (κ2) is 7.52. The van der Waals surface area contributed by atoms with Crippen molar-refractivity contribution in [3.05, 3.63) is 59.1 Å². The van der Waals surface area contributed by atoms with Gasteiger partial charge in [0.1, 0.15) is 11.5 Å². The molecular weight excluding hydrogens is 302 g/mol. The molecule has 1 amide bonds. The predicted octanol–water partition coefficient (Wildman–Crippen LogP) is 4.01. The van der Waals surface area contributed by atoms with Crippen LogP contribution in [0.5, 0.6) is 11.5 Å². The van der Waals surface area contributed by atoms with Gasteiger partial charge in [-0.05, 0) is 36.4 Å². The van der Waals surface area contributed by atoms with Crippen molar-refractivity contribution in [3.8, 4) is 11.5 Å². The number of ether oxygens (including phenoxy) is 2. The number of hydrogen-bond acceptors (Lipinski definition) is 3. The Hall–Kier alpha value is -2.46. The second-order valence-corrected chi connectivity index (χ2v) is 4.85. The summed E-state index contributed by atoms with van der Waals surface area (Å²) in [5.74, 6) is 0.974. The summed E-state index contributed by atoms with van der Waals surface area (Å²) < 4.78 is 10.4. The molecule has 4 nitrogen and oxygen atoms in total. The molecule has 0 saturated carbocycles. The van der Waals surface area contributed by atoms with Gasteiger partial charge in [-0.25, -0.2) is 0 Å². The summed E-state index contributed by atoms with van der Waals surface area (Å²) in [6.07, 6.45) is 3.07. The number of carbonyl (C=O) groups is 1. The van der Waals surface area contributed by atoms with E-state index in [0.29, 0.717) is 22.2 Å². The third-order valence-electron chi connectivity index (χ3n) is 2.97. The van der Waals surface area contributed by atoms with Gasteiger partial charge in [-0.3, -0.25) is 4.79 Å². The zero-order chi connectivity index (χ0) is 15.9. The van der Waals surface area contributed by atoms with Crippen LogP contribution in [0.25, 0.3) is 6.08 Å². The third kappa shape index (κ3) is 4.02. The van der Waals surface area contributed by atoms with Crippen LogP contribution >= 0.6 is 11.6 Å². The summed E-state index contributed by atoms with van der Waals surface area (Å²) >= 11 is 5.95. The van der Waals surface area contributed by atoms with Gasteiger partial charge in [0.2, 0.25) is 5.91 Å². The summed E-state index contributed by atoms with van der Waals surface area (Å²) in [7, 11) is 3.12. The van der Waals surface area contributed by atoms with E-state index in [1.54, 1.807) is 50.6 Å². The topological polar surface area (TPSA) is 47.6 Å². The number of nitrogens with one attached hydrogen (secondary N) is 1. The number of methoxy groups -OCH3 is 2. The molecule has 0 heterocycles. The first kappa shape index (κ1) is 15.9. The number of rotatable bonds is 5. The number of halogens is 1. The normalized spacial score (nSPS) is 10.5. The predicted molar refractivity (Wildman–Crippen MR) is 88.7 cm³/mol. The fourth-order valence-electron chi connectivity index (χ4n) is 1.92. The smallest absolute Gasteiger partial charge is 0.248 e. The number of amides is 1. The Morgan fingerprint density at radius 3 is 2.55 bits per heavy atom. The fourth-order valence-corrected chi connectivity index (χ4v) is 2.10. The number of carbonyl (C=O) groups excluding carboxylic acids is 1. The second-order valence-electron chi connectivity index (χ2n) is 4.41. The third-order valence-corrected chi connectivity index (χ3v) is 3.21. The molecule has 0 atom stereocenters. The summed E-state index contributed by atoms with van der Waals surface area (Å²) in [5, 5.41) is 3.33. The lowest BCUT2D eigenvalue weighted by molar-refractivity contribution is -0.111. The number of para-hydroxylation sites is 2. The lowest BCUT2D eigenvalue weighted by Gasteiger charge is -2.08. The van der Waals surface area contributed by atoms with Crippen LogP contribution in [0.3, 0.4) is 0 Å². The van der Waals surface area contributed by atoms with Crippen molar-refractivity contribution in [2.45, 2.75) is 0 Å². The highest BCUT2D eigenvalue weighted by molar-refractivity contribution is 6.30. The first-order valence-electron chi connectivity index (χ1n) is 6.59. The average Bonchev–Trinajstić information content (AvgIpc) is 2.53. The van der Waals surface area contributed by atoms with Crippen molar-refractivity contribution in [1.82, 2.24) is 0 Å². The summed E-state index contributed by atoms with van der Waals surface area (Å²) in [5.41, 5.74) is 1.34. The quantitative estimate of drug-likeness (QED) is 0.848. The van der Waals surface area contributed by atoms with E-state index < -0.39 is 0 Å². The summed E-state index contributed by atoms with van der Waals surface area (Å²) in [6, 6.07) is 12.4. The minimum Gasteiger partial charge on any atom is -0.496 e. The Labute approximate surface area is 134 Å². The monoisotopic (exact) mass is 317 g/mol. The highest BCUT2D eigenvalue weighted by atomic mass is 35.5. The van der Waals surface area contributed by atoms with Crippen LogP contribution in [-0.2, 0) is 4.79 Å². The van der Waals surface area contributed by atoms with E-state index >= 15 is 0 Å². The van der Waals surface area contributed by atoms with E-state index in [4.69, 9.17) is 21.1 Å². The summed E-state index contributed by atoms with van der Waals surface area (Å²) in [6.45, 7) is 0. The van der Waals surface area contributed by atoms with Crippen LogP contribution in [0.1, 0.15) is 5.56 Å². The molecule has 5 heteroatoms. The van der Waals surface area contributed by atoms with Crippen LogP contribution in [-0.4, -0.2) is 20.1 Å². The Morgan fingerprint density at radius 1 is 1.09 bits per heavy atom. The van der Waals surface area contributed by atoms with Crippen molar-refractivity contribution in [1.29, 1.82) is 0 Å². The van der Waals surface area contributed by atoms with Crippen molar-refractivity contribution in [2.75, 3.05) is 19.5 Å². The van der Waals surface area contributed by atoms with Gasteiger partial charge in [-0.2, -0.15) is 0 Å². The number of hydrogen-bond donors (Lipinski definition) is 1. The fraction of sp³-hybridized carbons (Fsp3) is 0.118. The SMILES string of the molecule is COc1ccc(Cl)cc1/C=C/C(=O)Nc1ccccc1OC. The largest absolute Gasteiger partial charge is 0.496 e. The Bertz CT molecular complexity index is 698. The molecule has 0 fully saturated rings. The van der Waals surface area contributed by atoms with Crippen LogP contribution in [0.4, 0.5) is 5.69 Å². The molecule has 0 aliphatic rings. The van der Waals surface area contributed by atoms with Gasteiger partial charge in [0.25, 0.3) is 0 Å². The van der Waals surface area contributed by atoms with E-state index in [0.717, 1.165) is 5.56 Å². The molecule has 2 rings (SSSR count). The first-order chi connectivity index (χ1) is 10.6. The molecule has 2 aromatic rings. The van der Waals surface area contributed by atoms with Crippen LogP contribution in [0, 0.1) is 0 Å². The molecule has 22 heavy (non-hydrogen) atoms. The summed E-state index contributed by atoms with van der Waals surface area (Å²) in [4.78, 5) is 12.0. The highest BCUT2D eigenvalue weighted by Gasteiger charge is 2.05. The standard InChI is InChI=1S/C17H16ClNO3/c1-21-15-9-8-13(18)11-12(15)7-10-17(20)19-14-5-3-4-6-16(14)22-2/h3-11H,1-2H3,(H,19,20)/b10-7+. The van der Waals surface area contributed by atoms with Crippen LogP contribution < -0.4 is 14.8 Å². The van der Waals surface area contributed by atoms with Crippen LogP contribution in [0.15, 0.2) is 48.5 Å². The van der Waals surface area contributed by atoms with E-state index in [9.17, 15) is 4.79 Å². The number of benzene rings is 2. The van der Waals surface area contributed by atoms with Gasteiger partial charge in [-0.15, -0.1) is 0 Å². The molecule has 0 aliphatic carbocycles. The van der Waals surface area contributed by atoms with Crippen molar-refractivity contribution < 1.29 is 14.3 Å². The Kier molecular flexibility index (Phi) is 5.44. The van der Waals surface area contributed by atoms with Gasteiger partial charge in [0.15, 0.2) is 0 Å². The van der Waals surface area contributed by atoms with E-state index in [1.807, 2.05) is 12.1 Å². The maximum atomic E-state index is 12.0. The maximum absolute atomic E-state index is 12.0. The molecule has 0 aromatic heterocycles. The van der Waals surface area contributed by atoms with Crippen LogP contribution in [0.2, 0.25) is 5.02 Å². The molecule has 2 aromatic carbocycles. The lowest BCUT2D eigenvalue weighted by Crippen LogP contribution is -2.08. The minimum atomic E-state index is -0.272. The van der Waals surface area contributed by atoms with Gasteiger partial charge >= 0.3 is 0 Å². The molecule has 0 saturated heterocycles. The Balaban J connectivity index is 2.13.